The Morgan fingerprint density at radius 3 is 2.79 bits per heavy atom. The van der Waals surface area contributed by atoms with Crippen LogP contribution in [0.5, 0.6) is 0 Å². The zero-order valence-electron chi connectivity index (χ0n) is 13.8. The third kappa shape index (κ3) is 3.79. The Hall–Kier alpha value is -2.28. The average Bonchev–Trinajstić information content (AvgIpc) is 3.09. The van der Waals surface area contributed by atoms with Gasteiger partial charge >= 0.3 is 0 Å². The number of amides is 2. The van der Waals surface area contributed by atoms with Crippen LogP contribution in [0, 0.1) is 19.8 Å². The van der Waals surface area contributed by atoms with E-state index >= 15 is 0 Å². The molecule has 3 heterocycles. The molecule has 0 unspecified atom stereocenters. The molecule has 1 atom stereocenters. The van der Waals surface area contributed by atoms with E-state index in [1.54, 1.807) is 28.6 Å². The van der Waals surface area contributed by atoms with E-state index in [0.717, 1.165) is 16.3 Å². The Morgan fingerprint density at radius 1 is 1.38 bits per heavy atom. The number of nitrogens with one attached hydrogen (secondary N) is 1. The van der Waals surface area contributed by atoms with Gasteiger partial charge < -0.3 is 10.2 Å². The van der Waals surface area contributed by atoms with E-state index in [1.165, 1.54) is 4.88 Å². The van der Waals surface area contributed by atoms with E-state index in [1.807, 2.05) is 26.0 Å². The van der Waals surface area contributed by atoms with Crippen LogP contribution in [0.4, 0.5) is 0 Å². The largest absolute Gasteiger partial charge is 0.349 e. The number of pyridine rings is 1. The third-order valence-electron chi connectivity index (χ3n) is 4.19. The van der Waals surface area contributed by atoms with Crippen LogP contribution in [-0.2, 0) is 22.7 Å². The molecule has 2 aromatic rings. The summed E-state index contributed by atoms with van der Waals surface area (Å²) in [5, 5.41) is 3.81. The van der Waals surface area contributed by atoms with Crippen molar-refractivity contribution in [2.75, 3.05) is 6.54 Å². The molecular formula is C17H20N4O2S. The summed E-state index contributed by atoms with van der Waals surface area (Å²) in [4.78, 5) is 35.8. The van der Waals surface area contributed by atoms with Gasteiger partial charge in [-0.05, 0) is 31.5 Å². The minimum atomic E-state index is -0.290. The molecule has 0 bridgehead atoms. The summed E-state index contributed by atoms with van der Waals surface area (Å²) in [5.41, 5.74) is 2.02. The third-order valence-corrected chi connectivity index (χ3v) is 5.27. The standard InChI is InChI=1S/C17H20N4O2S/c1-11-12(2)24-15(20-11)8-19-17(23)14-7-16(22)21(10-14)9-13-3-5-18-6-4-13/h3-6,14H,7-10H2,1-2H3,(H,19,23)/t14-/m1/s1. The first-order valence-corrected chi connectivity index (χ1v) is 8.72. The lowest BCUT2D eigenvalue weighted by atomic mass is 10.1. The van der Waals surface area contributed by atoms with Gasteiger partial charge in [0.1, 0.15) is 5.01 Å². The number of likely N-dealkylation sites (tertiary alicyclic amines) is 1. The monoisotopic (exact) mass is 344 g/mol. The minimum absolute atomic E-state index is 0.0212. The molecule has 0 saturated carbocycles. The van der Waals surface area contributed by atoms with Crippen molar-refractivity contribution in [3.8, 4) is 0 Å². The summed E-state index contributed by atoms with van der Waals surface area (Å²) < 4.78 is 0. The number of carbonyl (C=O) groups excluding carboxylic acids is 2. The van der Waals surface area contributed by atoms with Crippen LogP contribution in [0.25, 0.3) is 0 Å². The second-order valence-corrected chi connectivity index (χ2v) is 7.29. The number of aryl methyl sites for hydroxylation is 2. The van der Waals surface area contributed by atoms with Crippen molar-refractivity contribution in [2.24, 2.45) is 5.92 Å². The van der Waals surface area contributed by atoms with Gasteiger partial charge in [-0.3, -0.25) is 14.6 Å². The lowest BCUT2D eigenvalue weighted by Gasteiger charge is -2.16. The van der Waals surface area contributed by atoms with Crippen molar-refractivity contribution in [3.05, 3.63) is 45.7 Å². The molecular weight excluding hydrogens is 324 g/mol. The molecule has 0 radical (unpaired) electrons. The molecule has 1 saturated heterocycles. The van der Waals surface area contributed by atoms with Crippen LogP contribution in [0.15, 0.2) is 24.5 Å². The molecule has 1 aliphatic rings. The van der Waals surface area contributed by atoms with Crippen molar-refractivity contribution in [1.82, 2.24) is 20.2 Å². The van der Waals surface area contributed by atoms with Crippen LogP contribution in [0.1, 0.15) is 27.6 Å². The van der Waals surface area contributed by atoms with Gasteiger partial charge in [0.25, 0.3) is 0 Å². The molecule has 1 aliphatic heterocycles. The SMILES string of the molecule is Cc1nc(CNC(=O)[C@@H]2CC(=O)N(Cc3ccncc3)C2)sc1C. The average molecular weight is 344 g/mol. The van der Waals surface area contributed by atoms with Gasteiger partial charge in [-0.2, -0.15) is 0 Å². The fourth-order valence-electron chi connectivity index (χ4n) is 2.73. The molecule has 2 amide bonds. The quantitative estimate of drug-likeness (QED) is 0.898. The maximum Gasteiger partial charge on any atom is 0.225 e. The summed E-state index contributed by atoms with van der Waals surface area (Å²) in [6.45, 7) is 5.39. The van der Waals surface area contributed by atoms with Crippen LogP contribution < -0.4 is 5.32 Å². The van der Waals surface area contributed by atoms with E-state index in [2.05, 4.69) is 15.3 Å². The number of carbonyl (C=O) groups is 2. The van der Waals surface area contributed by atoms with Crippen molar-refractivity contribution >= 4 is 23.2 Å². The lowest BCUT2D eigenvalue weighted by Crippen LogP contribution is -2.32. The number of hydrogen-bond acceptors (Lipinski definition) is 5. The second kappa shape index (κ2) is 7.09. The minimum Gasteiger partial charge on any atom is -0.349 e. The lowest BCUT2D eigenvalue weighted by molar-refractivity contribution is -0.129. The van der Waals surface area contributed by atoms with Crippen molar-refractivity contribution in [3.63, 3.8) is 0 Å². The molecule has 0 spiro atoms. The van der Waals surface area contributed by atoms with E-state index in [-0.39, 0.29) is 24.2 Å². The molecule has 6 nitrogen and oxygen atoms in total. The number of thiazole rings is 1. The molecule has 0 aromatic carbocycles. The number of nitrogens with zero attached hydrogens (tertiary/aromatic N) is 3. The van der Waals surface area contributed by atoms with Crippen LogP contribution in [-0.4, -0.2) is 33.2 Å². The first kappa shape index (κ1) is 16.6. The normalized spacial score (nSPS) is 17.3. The maximum atomic E-state index is 12.3. The Bertz CT molecular complexity index is 725. The molecule has 24 heavy (non-hydrogen) atoms. The van der Waals surface area contributed by atoms with Crippen LogP contribution >= 0.6 is 11.3 Å². The molecule has 2 aromatic heterocycles. The van der Waals surface area contributed by atoms with Crippen molar-refractivity contribution in [2.45, 2.75) is 33.4 Å². The highest BCUT2D eigenvalue weighted by atomic mass is 32.1. The highest BCUT2D eigenvalue weighted by molar-refractivity contribution is 7.11. The molecule has 7 heteroatoms. The highest BCUT2D eigenvalue weighted by Crippen LogP contribution is 2.21. The van der Waals surface area contributed by atoms with E-state index in [9.17, 15) is 9.59 Å². The predicted octanol–water partition coefficient (Wildman–Crippen LogP) is 1.82. The molecule has 1 fully saturated rings. The summed E-state index contributed by atoms with van der Waals surface area (Å²) in [6.07, 6.45) is 3.68. The Labute approximate surface area is 144 Å². The summed E-state index contributed by atoms with van der Waals surface area (Å²) in [7, 11) is 0. The molecule has 0 aliphatic carbocycles. The molecule has 1 N–H and O–H groups in total. The van der Waals surface area contributed by atoms with Gasteiger partial charge in [-0.25, -0.2) is 4.98 Å². The zero-order chi connectivity index (χ0) is 17.1. The van der Waals surface area contributed by atoms with Crippen LogP contribution in [0.3, 0.4) is 0 Å². The van der Waals surface area contributed by atoms with Gasteiger partial charge in [0, 0.05) is 36.8 Å². The number of rotatable bonds is 5. The van der Waals surface area contributed by atoms with Gasteiger partial charge in [-0.15, -0.1) is 11.3 Å². The zero-order valence-corrected chi connectivity index (χ0v) is 14.6. The molecule has 3 rings (SSSR count). The first-order chi connectivity index (χ1) is 11.5. The molecule has 126 valence electrons. The van der Waals surface area contributed by atoms with Crippen molar-refractivity contribution in [1.29, 1.82) is 0 Å². The smallest absolute Gasteiger partial charge is 0.225 e. The van der Waals surface area contributed by atoms with Gasteiger partial charge in [-0.1, -0.05) is 0 Å². The Kier molecular flexibility index (Phi) is 4.89. The van der Waals surface area contributed by atoms with E-state index < -0.39 is 0 Å². The maximum absolute atomic E-state index is 12.3. The summed E-state index contributed by atoms with van der Waals surface area (Å²) in [5.74, 6) is -0.347. The highest BCUT2D eigenvalue weighted by Gasteiger charge is 2.34. The number of aromatic nitrogens is 2. The topological polar surface area (TPSA) is 75.2 Å². The second-order valence-electron chi connectivity index (χ2n) is 6.00. The fourth-order valence-corrected chi connectivity index (χ4v) is 3.60. The van der Waals surface area contributed by atoms with Crippen molar-refractivity contribution < 1.29 is 9.59 Å². The number of hydrogen-bond donors (Lipinski definition) is 1. The Morgan fingerprint density at radius 2 is 2.12 bits per heavy atom. The first-order valence-electron chi connectivity index (χ1n) is 7.90. The van der Waals surface area contributed by atoms with Gasteiger partial charge in [0.05, 0.1) is 18.2 Å². The summed E-state index contributed by atoms with van der Waals surface area (Å²) in [6, 6.07) is 3.77. The van der Waals surface area contributed by atoms with Gasteiger partial charge in [0.15, 0.2) is 0 Å². The predicted molar refractivity (Wildman–Crippen MR) is 91.2 cm³/mol. The van der Waals surface area contributed by atoms with Gasteiger partial charge in [0.2, 0.25) is 11.8 Å². The van der Waals surface area contributed by atoms with Crippen LogP contribution in [0.2, 0.25) is 0 Å². The fraction of sp³-hybridized carbons (Fsp3) is 0.412. The van der Waals surface area contributed by atoms with E-state index in [4.69, 9.17) is 0 Å². The Balaban J connectivity index is 1.53. The summed E-state index contributed by atoms with van der Waals surface area (Å²) >= 11 is 1.59. The van der Waals surface area contributed by atoms with E-state index in [0.29, 0.717) is 19.6 Å².